The SMILES string of the molecule is OCc1cccc(Oc2ncn(-c3ccccc3)n2)n1. The summed E-state index contributed by atoms with van der Waals surface area (Å²) in [6.45, 7) is -0.136. The zero-order valence-corrected chi connectivity index (χ0v) is 10.5. The summed E-state index contributed by atoms with van der Waals surface area (Å²) in [7, 11) is 0. The minimum absolute atomic E-state index is 0.136. The van der Waals surface area contributed by atoms with Gasteiger partial charge in [-0.25, -0.2) is 9.67 Å². The molecule has 0 aliphatic carbocycles. The molecule has 3 aromatic rings. The van der Waals surface area contributed by atoms with E-state index in [2.05, 4.69) is 15.1 Å². The average molecular weight is 268 g/mol. The van der Waals surface area contributed by atoms with Crippen LogP contribution in [0.2, 0.25) is 0 Å². The average Bonchev–Trinajstić information content (AvgIpc) is 2.97. The van der Waals surface area contributed by atoms with E-state index in [0.717, 1.165) is 5.69 Å². The lowest BCUT2D eigenvalue weighted by Gasteiger charge is -2.01. The van der Waals surface area contributed by atoms with Crippen molar-refractivity contribution in [3.8, 4) is 17.6 Å². The molecule has 0 amide bonds. The van der Waals surface area contributed by atoms with Crippen LogP contribution in [0.1, 0.15) is 5.69 Å². The quantitative estimate of drug-likeness (QED) is 0.783. The van der Waals surface area contributed by atoms with E-state index < -0.39 is 0 Å². The van der Waals surface area contributed by atoms with E-state index in [1.54, 1.807) is 29.2 Å². The number of rotatable bonds is 4. The highest BCUT2D eigenvalue weighted by Gasteiger charge is 2.06. The molecule has 1 aromatic carbocycles. The smallest absolute Gasteiger partial charge is 0.342 e. The van der Waals surface area contributed by atoms with E-state index >= 15 is 0 Å². The summed E-state index contributed by atoms with van der Waals surface area (Å²) in [5.41, 5.74) is 1.43. The number of aromatic nitrogens is 4. The Morgan fingerprint density at radius 1 is 1.05 bits per heavy atom. The van der Waals surface area contributed by atoms with E-state index in [0.29, 0.717) is 11.6 Å². The van der Waals surface area contributed by atoms with Crippen molar-refractivity contribution in [1.82, 2.24) is 19.7 Å². The van der Waals surface area contributed by atoms with Gasteiger partial charge in [-0.1, -0.05) is 24.3 Å². The molecular formula is C14H12N4O2. The van der Waals surface area contributed by atoms with Gasteiger partial charge in [0.05, 0.1) is 18.0 Å². The molecule has 1 N–H and O–H groups in total. The Labute approximate surface area is 115 Å². The molecule has 100 valence electrons. The first kappa shape index (κ1) is 12.3. The highest BCUT2D eigenvalue weighted by molar-refractivity contribution is 5.29. The highest BCUT2D eigenvalue weighted by Crippen LogP contribution is 2.16. The summed E-state index contributed by atoms with van der Waals surface area (Å²) in [6.07, 6.45) is 1.57. The second kappa shape index (κ2) is 5.50. The molecule has 0 aliphatic heterocycles. The molecular weight excluding hydrogens is 256 g/mol. The van der Waals surface area contributed by atoms with Crippen molar-refractivity contribution in [2.24, 2.45) is 0 Å². The van der Waals surface area contributed by atoms with Gasteiger partial charge in [0.2, 0.25) is 5.88 Å². The predicted octanol–water partition coefficient (Wildman–Crippen LogP) is 1.95. The van der Waals surface area contributed by atoms with Gasteiger partial charge < -0.3 is 9.84 Å². The second-order valence-corrected chi connectivity index (χ2v) is 4.03. The third-order valence-electron chi connectivity index (χ3n) is 2.63. The predicted molar refractivity (Wildman–Crippen MR) is 71.6 cm³/mol. The number of ether oxygens (including phenoxy) is 1. The lowest BCUT2D eigenvalue weighted by atomic mass is 10.3. The lowest BCUT2D eigenvalue weighted by molar-refractivity contribution is 0.275. The molecule has 0 fully saturated rings. The Kier molecular flexibility index (Phi) is 3.38. The van der Waals surface area contributed by atoms with Crippen molar-refractivity contribution in [3.63, 3.8) is 0 Å². The minimum atomic E-state index is -0.136. The number of para-hydroxylation sites is 1. The van der Waals surface area contributed by atoms with Crippen molar-refractivity contribution in [2.75, 3.05) is 0 Å². The molecule has 0 saturated carbocycles. The molecule has 6 heteroatoms. The van der Waals surface area contributed by atoms with Crippen LogP contribution in [-0.2, 0) is 6.61 Å². The molecule has 0 radical (unpaired) electrons. The van der Waals surface area contributed by atoms with Crippen molar-refractivity contribution in [1.29, 1.82) is 0 Å². The number of aliphatic hydroxyl groups excluding tert-OH is 1. The highest BCUT2D eigenvalue weighted by atomic mass is 16.5. The van der Waals surface area contributed by atoms with Gasteiger partial charge in [-0.3, -0.25) is 0 Å². The molecule has 3 rings (SSSR count). The Balaban J connectivity index is 1.80. The largest absolute Gasteiger partial charge is 0.404 e. The maximum absolute atomic E-state index is 9.03. The lowest BCUT2D eigenvalue weighted by Crippen LogP contribution is -1.96. The summed E-state index contributed by atoms with van der Waals surface area (Å²) in [5.74, 6) is 0.349. The molecule has 0 bridgehead atoms. The Bertz CT molecular complexity index is 697. The molecule has 0 aliphatic rings. The molecule has 0 unspecified atom stereocenters. The fourth-order valence-corrected chi connectivity index (χ4v) is 1.70. The minimum Gasteiger partial charge on any atom is -0.404 e. The van der Waals surface area contributed by atoms with Gasteiger partial charge in [-0.05, 0) is 18.2 Å². The third-order valence-corrected chi connectivity index (χ3v) is 2.63. The van der Waals surface area contributed by atoms with E-state index in [4.69, 9.17) is 9.84 Å². The molecule has 0 saturated heterocycles. The van der Waals surface area contributed by atoms with Crippen molar-refractivity contribution < 1.29 is 9.84 Å². The second-order valence-electron chi connectivity index (χ2n) is 4.03. The summed E-state index contributed by atoms with van der Waals surface area (Å²) in [4.78, 5) is 8.18. The van der Waals surface area contributed by atoms with Gasteiger partial charge in [0.25, 0.3) is 0 Å². The van der Waals surface area contributed by atoms with Gasteiger partial charge >= 0.3 is 6.01 Å². The van der Waals surface area contributed by atoms with Crippen LogP contribution < -0.4 is 4.74 Å². The summed E-state index contributed by atoms with van der Waals surface area (Å²) >= 11 is 0. The molecule has 20 heavy (non-hydrogen) atoms. The first-order chi connectivity index (χ1) is 9.85. The van der Waals surface area contributed by atoms with E-state index in [9.17, 15) is 0 Å². The van der Waals surface area contributed by atoms with Crippen LogP contribution in [0.25, 0.3) is 5.69 Å². The van der Waals surface area contributed by atoms with Crippen molar-refractivity contribution in [2.45, 2.75) is 6.61 Å². The number of nitrogens with zero attached hydrogens (tertiary/aromatic N) is 4. The first-order valence-electron chi connectivity index (χ1n) is 6.07. The normalized spacial score (nSPS) is 10.4. The van der Waals surface area contributed by atoms with E-state index in [-0.39, 0.29) is 12.6 Å². The fourth-order valence-electron chi connectivity index (χ4n) is 1.70. The maximum Gasteiger partial charge on any atom is 0.342 e. The number of hydrogen-bond donors (Lipinski definition) is 1. The van der Waals surface area contributed by atoms with Crippen LogP contribution in [0.3, 0.4) is 0 Å². The Morgan fingerprint density at radius 2 is 1.90 bits per heavy atom. The summed E-state index contributed by atoms with van der Waals surface area (Å²) in [5, 5.41) is 13.2. The van der Waals surface area contributed by atoms with Crippen LogP contribution >= 0.6 is 0 Å². The summed E-state index contributed by atoms with van der Waals surface area (Å²) < 4.78 is 7.07. The number of benzene rings is 1. The molecule has 2 aromatic heterocycles. The number of aliphatic hydroxyl groups is 1. The van der Waals surface area contributed by atoms with Gasteiger partial charge in [0, 0.05) is 6.07 Å². The molecule has 0 atom stereocenters. The zero-order valence-electron chi connectivity index (χ0n) is 10.5. The number of pyridine rings is 1. The van der Waals surface area contributed by atoms with E-state index in [1.807, 2.05) is 30.3 Å². The first-order valence-corrected chi connectivity index (χ1v) is 6.07. The van der Waals surface area contributed by atoms with Crippen LogP contribution in [0.15, 0.2) is 54.9 Å². The zero-order chi connectivity index (χ0) is 13.8. The van der Waals surface area contributed by atoms with E-state index in [1.165, 1.54) is 0 Å². The molecule has 6 nitrogen and oxygen atoms in total. The fraction of sp³-hybridized carbons (Fsp3) is 0.0714. The van der Waals surface area contributed by atoms with Gasteiger partial charge in [0.1, 0.15) is 6.33 Å². The van der Waals surface area contributed by atoms with Crippen molar-refractivity contribution >= 4 is 0 Å². The van der Waals surface area contributed by atoms with Crippen molar-refractivity contribution in [3.05, 3.63) is 60.6 Å². The topological polar surface area (TPSA) is 73.1 Å². The van der Waals surface area contributed by atoms with Gasteiger partial charge in [0.15, 0.2) is 0 Å². The maximum atomic E-state index is 9.03. The van der Waals surface area contributed by atoms with Crippen LogP contribution in [0.4, 0.5) is 0 Å². The summed E-state index contributed by atoms with van der Waals surface area (Å²) in [6, 6.07) is 15.0. The molecule has 2 heterocycles. The van der Waals surface area contributed by atoms with Gasteiger partial charge in [-0.2, -0.15) is 4.98 Å². The molecule has 0 spiro atoms. The Hall–Kier alpha value is -2.73. The van der Waals surface area contributed by atoms with Gasteiger partial charge in [-0.15, -0.1) is 5.10 Å². The van der Waals surface area contributed by atoms with Crippen LogP contribution in [-0.4, -0.2) is 24.9 Å². The Morgan fingerprint density at radius 3 is 2.70 bits per heavy atom. The van der Waals surface area contributed by atoms with Crippen LogP contribution in [0, 0.1) is 0 Å². The monoisotopic (exact) mass is 268 g/mol. The third kappa shape index (κ3) is 2.65. The standard InChI is InChI=1S/C14H12N4O2/c19-9-11-5-4-8-13(16-11)20-14-15-10-18(17-14)12-6-2-1-3-7-12/h1-8,10,19H,9H2. The number of hydrogen-bond acceptors (Lipinski definition) is 5. The van der Waals surface area contributed by atoms with Crippen LogP contribution in [0.5, 0.6) is 11.9 Å².